The molecule has 70 valence electrons. The predicted molar refractivity (Wildman–Crippen MR) is 54.4 cm³/mol. The van der Waals surface area contributed by atoms with E-state index in [0.717, 1.165) is 10.0 Å². The first-order chi connectivity index (χ1) is 6.24. The molecule has 13 heavy (non-hydrogen) atoms. The first-order valence-electron chi connectivity index (χ1n) is 3.67. The topological polar surface area (TPSA) is 70.6 Å². The van der Waals surface area contributed by atoms with Crippen molar-refractivity contribution in [1.29, 1.82) is 0 Å². The highest BCUT2D eigenvalue weighted by molar-refractivity contribution is 9.10. The average Bonchev–Trinajstić information content (AvgIpc) is 2.16. The van der Waals surface area contributed by atoms with E-state index >= 15 is 0 Å². The Morgan fingerprint density at radius 3 is 2.85 bits per heavy atom. The Morgan fingerprint density at radius 1 is 1.54 bits per heavy atom. The molecular formula is C8H10BrN3O. The van der Waals surface area contributed by atoms with Crippen LogP contribution < -0.4 is 11.2 Å². The van der Waals surface area contributed by atoms with E-state index in [1.54, 1.807) is 5.48 Å². The fourth-order valence-electron chi connectivity index (χ4n) is 0.832. The fraction of sp³-hybridized carbons (Fsp3) is 0.125. The molecule has 0 amide bonds. The molecule has 1 aromatic carbocycles. The van der Waals surface area contributed by atoms with Crippen LogP contribution in [0.15, 0.2) is 33.7 Å². The van der Waals surface area contributed by atoms with Gasteiger partial charge in [-0.2, -0.15) is 0 Å². The quantitative estimate of drug-likeness (QED) is 0.416. The SMILES string of the molecule is NC(=NCc1ccccc1Br)NO. The van der Waals surface area contributed by atoms with Crippen molar-refractivity contribution in [2.75, 3.05) is 0 Å². The monoisotopic (exact) mass is 243 g/mol. The van der Waals surface area contributed by atoms with Gasteiger partial charge in [-0.25, -0.2) is 10.5 Å². The van der Waals surface area contributed by atoms with Gasteiger partial charge in [-0.05, 0) is 11.6 Å². The number of guanidine groups is 1. The average molecular weight is 244 g/mol. The summed E-state index contributed by atoms with van der Waals surface area (Å²) in [5.74, 6) is 0.00996. The summed E-state index contributed by atoms with van der Waals surface area (Å²) >= 11 is 3.38. The lowest BCUT2D eigenvalue weighted by Gasteiger charge is -2.00. The Balaban J connectivity index is 2.70. The Bertz CT molecular complexity index is 314. The molecular weight excluding hydrogens is 234 g/mol. The number of benzene rings is 1. The highest BCUT2D eigenvalue weighted by Gasteiger charge is 1.96. The molecule has 0 saturated heterocycles. The summed E-state index contributed by atoms with van der Waals surface area (Å²) in [6.45, 7) is 0.431. The Hall–Kier alpha value is -1.07. The zero-order valence-corrected chi connectivity index (χ0v) is 8.45. The van der Waals surface area contributed by atoms with Gasteiger partial charge in [0, 0.05) is 4.47 Å². The molecule has 0 unspecified atom stereocenters. The van der Waals surface area contributed by atoms with Crippen molar-refractivity contribution in [2.45, 2.75) is 6.54 Å². The van der Waals surface area contributed by atoms with E-state index in [1.165, 1.54) is 0 Å². The van der Waals surface area contributed by atoms with Crippen LogP contribution in [0.1, 0.15) is 5.56 Å². The van der Waals surface area contributed by atoms with Gasteiger partial charge in [0.1, 0.15) is 0 Å². The summed E-state index contributed by atoms with van der Waals surface area (Å²) in [6, 6.07) is 7.69. The van der Waals surface area contributed by atoms with E-state index in [0.29, 0.717) is 6.54 Å². The van der Waals surface area contributed by atoms with Crippen molar-refractivity contribution in [3.8, 4) is 0 Å². The van der Waals surface area contributed by atoms with Gasteiger partial charge >= 0.3 is 0 Å². The molecule has 0 atom stereocenters. The Labute approximate surface area is 84.6 Å². The number of rotatable bonds is 2. The summed E-state index contributed by atoms with van der Waals surface area (Å²) in [4.78, 5) is 3.88. The summed E-state index contributed by atoms with van der Waals surface area (Å²) in [6.07, 6.45) is 0. The first kappa shape index (κ1) is 10.0. The normalized spacial score (nSPS) is 11.4. The molecule has 0 heterocycles. The third-order valence-electron chi connectivity index (χ3n) is 1.49. The summed E-state index contributed by atoms with van der Waals surface area (Å²) in [7, 11) is 0. The maximum atomic E-state index is 8.36. The summed E-state index contributed by atoms with van der Waals surface area (Å²) in [5.41, 5.74) is 8.03. The lowest BCUT2D eigenvalue weighted by atomic mass is 10.2. The molecule has 4 nitrogen and oxygen atoms in total. The lowest BCUT2D eigenvalue weighted by molar-refractivity contribution is 0.232. The van der Waals surface area contributed by atoms with Crippen molar-refractivity contribution >= 4 is 21.9 Å². The molecule has 0 saturated carbocycles. The van der Waals surface area contributed by atoms with Gasteiger partial charge in [-0.15, -0.1) is 0 Å². The number of hydrogen-bond donors (Lipinski definition) is 3. The van der Waals surface area contributed by atoms with Gasteiger partial charge in [0.05, 0.1) is 6.54 Å². The molecule has 0 aromatic heterocycles. The van der Waals surface area contributed by atoms with E-state index in [4.69, 9.17) is 10.9 Å². The zero-order valence-electron chi connectivity index (χ0n) is 6.87. The van der Waals surface area contributed by atoms with Crippen molar-refractivity contribution in [3.05, 3.63) is 34.3 Å². The number of nitrogens with zero attached hydrogens (tertiary/aromatic N) is 1. The smallest absolute Gasteiger partial charge is 0.213 e. The molecule has 0 radical (unpaired) electrons. The second-order valence-corrected chi connectivity index (χ2v) is 3.26. The van der Waals surface area contributed by atoms with Crippen molar-refractivity contribution in [1.82, 2.24) is 5.48 Å². The Morgan fingerprint density at radius 2 is 2.23 bits per heavy atom. The fourth-order valence-corrected chi connectivity index (χ4v) is 1.24. The predicted octanol–water partition coefficient (Wildman–Crippen LogP) is 1.24. The zero-order chi connectivity index (χ0) is 9.68. The van der Waals surface area contributed by atoms with Gasteiger partial charge < -0.3 is 5.73 Å². The molecule has 1 aromatic rings. The molecule has 0 aliphatic rings. The molecule has 0 spiro atoms. The van der Waals surface area contributed by atoms with Gasteiger partial charge in [-0.1, -0.05) is 34.1 Å². The van der Waals surface area contributed by atoms with Crippen LogP contribution in [0, 0.1) is 0 Å². The molecule has 0 fully saturated rings. The minimum absolute atomic E-state index is 0.00996. The van der Waals surface area contributed by atoms with Crippen LogP contribution in [-0.4, -0.2) is 11.2 Å². The number of hydroxylamine groups is 1. The molecule has 0 aliphatic heterocycles. The third kappa shape index (κ3) is 3.04. The van der Waals surface area contributed by atoms with Crippen molar-refractivity contribution in [2.24, 2.45) is 10.7 Å². The summed E-state index contributed by atoms with van der Waals surface area (Å²) < 4.78 is 0.976. The van der Waals surface area contributed by atoms with Gasteiger partial charge in [-0.3, -0.25) is 5.21 Å². The van der Waals surface area contributed by atoms with E-state index in [1.807, 2.05) is 24.3 Å². The molecule has 1 rings (SSSR count). The maximum absolute atomic E-state index is 8.36. The number of hydrogen-bond acceptors (Lipinski definition) is 2. The van der Waals surface area contributed by atoms with Crippen LogP contribution >= 0.6 is 15.9 Å². The third-order valence-corrected chi connectivity index (χ3v) is 2.27. The van der Waals surface area contributed by atoms with E-state index < -0.39 is 0 Å². The van der Waals surface area contributed by atoms with Crippen LogP contribution in [0.3, 0.4) is 0 Å². The van der Waals surface area contributed by atoms with Crippen molar-refractivity contribution < 1.29 is 5.21 Å². The van der Waals surface area contributed by atoms with E-state index in [2.05, 4.69) is 20.9 Å². The second-order valence-electron chi connectivity index (χ2n) is 2.40. The lowest BCUT2D eigenvalue weighted by Crippen LogP contribution is -2.28. The molecule has 4 N–H and O–H groups in total. The molecule has 0 aliphatic carbocycles. The van der Waals surface area contributed by atoms with Crippen LogP contribution in [0.2, 0.25) is 0 Å². The summed E-state index contributed by atoms with van der Waals surface area (Å²) in [5, 5.41) is 8.36. The largest absolute Gasteiger partial charge is 0.368 e. The van der Waals surface area contributed by atoms with Crippen LogP contribution in [0.4, 0.5) is 0 Å². The number of halogens is 1. The van der Waals surface area contributed by atoms with Gasteiger partial charge in [0.15, 0.2) is 0 Å². The van der Waals surface area contributed by atoms with Crippen LogP contribution in [0.25, 0.3) is 0 Å². The van der Waals surface area contributed by atoms with Crippen LogP contribution in [-0.2, 0) is 6.54 Å². The van der Waals surface area contributed by atoms with E-state index in [9.17, 15) is 0 Å². The number of aliphatic imine (C=N–C) groups is 1. The second kappa shape index (κ2) is 4.84. The minimum Gasteiger partial charge on any atom is -0.368 e. The van der Waals surface area contributed by atoms with Gasteiger partial charge in [0.25, 0.3) is 0 Å². The van der Waals surface area contributed by atoms with Crippen molar-refractivity contribution in [3.63, 3.8) is 0 Å². The van der Waals surface area contributed by atoms with Gasteiger partial charge in [0.2, 0.25) is 5.96 Å². The van der Waals surface area contributed by atoms with E-state index in [-0.39, 0.29) is 5.96 Å². The maximum Gasteiger partial charge on any atom is 0.213 e. The standard InChI is InChI=1S/C8H10BrN3O/c9-7-4-2-1-3-6(7)5-11-8(10)12-13/h1-4,13H,5H2,(H3,10,11,12). The molecule has 0 bridgehead atoms. The highest BCUT2D eigenvalue weighted by Crippen LogP contribution is 2.16. The minimum atomic E-state index is 0.00996. The Kier molecular flexibility index (Phi) is 3.72. The first-order valence-corrected chi connectivity index (χ1v) is 4.47. The number of nitrogens with two attached hydrogens (primary N) is 1. The van der Waals surface area contributed by atoms with Crippen LogP contribution in [0.5, 0.6) is 0 Å². The molecule has 5 heteroatoms. The number of nitrogens with one attached hydrogen (secondary N) is 1. The highest BCUT2D eigenvalue weighted by atomic mass is 79.9.